The van der Waals surface area contributed by atoms with Crippen molar-refractivity contribution in [3.05, 3.63) is 47.8 Å². The van der Waals surface area contributed by atoms with Crippen LogP contribution in [0.3, 0.4) is 0 Å². The minimum absolute atomic E-state index is 0.134. The molecule has 0 aliphatic heterocycles. The first-order valence-corrected chi connectivity index (χ1v) is 9.74. The maximum Gasteiger partial charge on any atom is 0.123 e. The average molecular weight is 332 g/mol. The van der Waals surface area contributed by atoms with E-state index in [1.165, 1.54) is 56.9 Å². The lowest BCUT2D eigenvalue weighted by molar-refractivity contribution is 0.171. The largest absolute Gasteiger partial charge is 0.251 e. The van der Waals surface area contributed by atoms with E-state index < -0.39 is 0 Å². The van der Waals surface area contributed by atoms with Crippen molar-refractivity contribution in [1.29, 1.82) is 0 Å². The number of alkyl halides is 1. The molecular formula is C22H30F2. The van der Waals surface area contributed by atoms with Gasteiger partial charge in [-0.25, -0.2) is 4.39 Å². The number of halogens is 2. The first-order chi connectivity index (χ1) is 11.8. The third-order valence-corrected chi connectivity index (χ3v) is 6.28. The molecule has 0 bridgehead atoms. The van der Waals surface area contributed by atoms with Crippen molar-refractivity contribution in [2.24, 2.45) is 17.8 Å². The van der Waals surface area contributed by atoms with Crippen LogP contribution in [0.15, 0.2) is 36.4 Å². The number of allylic oxidation sites excluding steroid dienone is 2. The monoisotopic (exact) mass is 332 g/mol. The van der Waals surface area contributed by atoms with E-state index in [0.29, 0.717) is 18.3 Å². The van der Waals surface area contributed by atoms with Gasteiger partial charge in [0.25, 0.3) is 0 Å². The number of benzene rings is 1. The van der Waals surface area contributed by atoms with E-state index in [1.807, 2.05) is 18.2 Å². The van der Waals surface area contributed by atoms with Crippen LogP contribution < -0.4 is 0 Å². The Hall–Kier alpha value is -1.18. The van der Waals surface area contributed by atoms with Gasteiger partial charge in [-0.2, -0.15) is 0 Å². The van der Waals surface area contributed by atoms with Crippen LogP contribution in [-0.2, 0) is 0 Å². The van der Waals surface area contributed by atoms with E-state index in [4.69, 9.17) is 0 Å². The van der Waals surface area contributed by atoms with Gasteiger partial charge in [0.05, 0.1) is 6.67 Å². The predicted octanol–water partition coefficient (Wildman–Crippen LogP) is 6.82. The van der Waals surface area contributed by atoms with E-state index in [-0.39, 0.29) is 12.5 Å². The maximum absolute atomic E-state index is 13.1. The normalized spacial score (nSPS) is 31.4. The van der Waals surface area contributed by atoms with Gasteiger partial charge in [0.15, 0.2) is 0 Å². The van der Waals surface area contributed by atoms with Crippen LogP contribution in [0, 0.1) is 23.6 Å². The van der Waals surface area contributed by atoms with E-state index in [0.717, 1.165) is 11.8 Å². The molecule has 0 amide bonds. The fourth-order valence-electron chi connectivity index (χ4n) is 4.82. The molecule has 0 saturated heterocycles. The van der Waals surface area contributed by atoms with Crippen LogP contribution in [0.4, 0.5) is 8.78 Å². The van der Waals surface area contributed by atoms with Crippen LogP contribution >= 0.6 is 0 Å². The van der Waals surface area contributed by atoms with Gasteiger partial charge < -0.3 is 0 Å². The molecule has 0 heterocycles. The van der Waals surface area contributed by atoms with Gasteiger partial charge in [-0.1, -0.05) is 24.3 Å². The highest BCUT2D eigenvalue weighted by Crippen LogP contribution is 2.44. The van der Waals surface area contributed by atoms with Gasteiger partial charge in [-0.15, -0.1) is 0 Å². The number of hydrogen-bond acceptors (Lipinski definition) is 0. The van der Waals surface area contributed by atoms with E-state index in [1.54, 1.807) is 12.1 Å². The molecular weight excluding hydrogens is 302 g/mol. The van der Waals surface area contributed by atoms with Crippen molar-refractivity contribution in [1.82, 2.24) is 0 Å². The summed E-state index contributed by atoms with van der Waals surface area (Å²) in [6.45, 7) is -0.233. The first kappa shape index (κ1) is 17.6. The van der Waals surface area contributed by atoms with E-state index in [9.17, 15) is 8.78 Å². The molecule has 2 saturated carbocycles. The molecule has 0 N–H and O–H groups in total. The maximum atomic E-state index is 13.1. The molecule has 3 rings (SSSR count). The summed E-state index contributed by atoms with van der Waals surface area (Å²) in [5.74, 6) is 2.96. The smallest absolute Gasteiger partial charge is 0.123 e. The van der Waals surface area contributed by atoms with Crippen LogP contribution in [0.1, 0.15) is 69.3 Å². The zero-order valence-corrected chi connectivity index (χ0v) is 14.6. The minimum Gasteiger partial charge on any atom is -0.251 e. The molecule has 2 heteroatoms. The Morgan fingerprint density at radius 2 is 1.42 bits per heavy atom. The zero-order valence-electron chi connectivity index (χ0n) is 14.6. The van der Waals surface area contributed by atoms with Gasteiger partial charge in [-0.3, -0.25) is 4.39 Å². The average Bonchev–Trinajstić information content (AvgIpc) is 2.63. The van der Waals surface area contributed by atoms with Crippen LogP contribution in [-0.4, -0.2) is 6.67 Å². The van der Waals surface area contributed by atoms with Crippen molar-refractivity contribution >= 4 is 0 Å². The Bertz CT molecular complexity index is 503. The van der Waals surface area contributed by atoms with Crippen molar-refractivity contribution in [2.75, 3.05) is 6.67 Å². The summed E-state index contributed by atoms with van der Waals surface area (Å²) >= 11 is 0. The van der Waals surface area contributed by atoms with Gasteiger partial charge in [0.1, 0.15) is 5.82 Å². The summed E-state index contributed by atoms with van der Waals surface area (Å²) in [7, 11) is 0. The highest BCUT2D eigenvalue weighted by atomic mass is 19.1. The predicted molar refractivity (Wildman–Crippen MR) is 96.3 cm³/mol. The van der Waals surface area contributed by atoms with Gasteiger partial charge in [0.2, 0.25) is 0 Å². The van der Waals surface area contributed by atoms with E-state index >= 15 is 0 Å². The van der Waals surface area contributed by atoms with Crippen molar-refractivity contribution in [3.63, 3.8) is 0 Å². The fraction of sp³-hybridized carbons (Fsp3) is 0.636. The Balaban J connectivity index is 1.43. The highest BCUT2D eigenvalue weighted by Gasteiger charge is 2.30. The summed E-state index contributed by atoms with van der Waals surface area (Å²) in [6.07, 6.45) is 15.3. The van der Waals surface area contributed by atoms with Crippen molar-refractivity contribution < 1.29 is 8.78 Å². The summed E-state index contributed by atoms with van der Waals surface area (Å²) < 4.78 is 25.2. The third-order valence-electron chi connectivity index (χ3n) is 6.28. The topological polar surface area (TPSA) is 0 Å². The van der Waals surface area contributed by atoms with Gasteiger partial charge in [-0.05, 0) is 99.2 Å². The Morgan fingerprint density at radius 1 is 0.833 bits per heavy atom. The molecule has 24 heavy (non-hydrogen) atoms. The van der Waals surface area contributed by atoms with Crippen LogP contribution in [0.2, 0.25) is 0 Å². The van der Waals surface area contributed by atoms with Gasteiger partial charge >= 0.3 is 0 Å². The molecule has 132 valence electrons. The highest BCUT2D eigenvalue weighted by molar-refractivity contribution is 5.21. The zero-order chi connectivity index (χ0) is 16.8. The van der Waals surface area contributed by atoms with Crippen LogP contribution in [0.5, 0.6) is 0 Å². The minimum atomic E-state index is -0.233. The Kier molecular flexibility index (Phi) is 6.45. The third kappa shape index (κ3) is 4.68. The second-order valence-electron chi connectivity index (χ2n) is 7.74. The number of hydrogen-bond donors (Lipinski definition) is 0. The molecule has 1 aromatic rings. The molecule has 0 atom stereocenters. The lowest BCUT2D eigenvalue weighted by Crippen LogP contribution is -2.25. The summed E-state index contributed by atoms with van der Waals surface area (Å²) in [6, 6.07) is 7.13. The first-order valence-electron chi connectivity index (χ1n) is 9.74. The van der Waals surface area contributed by atoms with Crippen molar-refractivity contribution in [3.8, 4) is 0 Å². The quantitative estimate of drug-likeness (QED) is 0.519. The lowest BCUT2D eigenvalue weighted by atomic mass is 9.68. The van der Waals surface area contributed by atoms with E-state index in [2.05, 4.69) is 6.08 Å². The van der Waals surface area contributed by atoms with Crippen molar-refractivity contribution in [2.45, 2.75) is 63.7 Å². The Labute approximate surface area is 145 Å². The molecule has 2 aliphatic rings. The Morgan fingerprint density at radius 3 is 2.00 bits per heavy atom. The molecule has 0 aromatic heterocycles. The molecule has 0 nitrogen and oxygen atoms in total. The van der Waals surface area contributed by atoms with Gasteiger partial charge in [0, 0.05) is 0 Å². The molecule has 0 unspecified atom stereocenters. The summed E-state index contributed by atoms with van der Waals surface area (Å²) in [4.78, 5) is 0. The van der Waals surface area contributed by atoms with Crippen LogP contribution in [0.25, 0.3) is 0 Å². The molecule has 1 aromatic carbocycles. The lowest BCUT2D eigenvalue weighted by Gasteiger charge is -2.37. The molecule has 0 radical (unpaired) electrons. The molecule has 0 spiro atoms. The standard InChI is InChI=1S/C22H30F2/c23-16-2-1-3-17-4-6-18(7-5-17)19-8-10-20(11-9-19)21-12-14-22(24)15-13-21/h1,3,12-15,17-20H,2,4-11,16H2/b3-1+/t17-,18-,19?,20?. The molecule has 2 fully saturated rings. The molecule has 2 aliphatic carbocycles. The summed E-state index contributed by atoms with van der Waals surface area (Å²) in [5, 5.41) is 0. The number of rotatable bonds is 5. The second-order valence-corrected chi connectivity index (χ2v) is 7.74. The summed E-state index contributed by atoms with van der Waals surface area (Å²) in [5.41, 5.74) is 1.32. The fourth-order valence-corrected chi connectivity index (χ4v) is 4.82. The SMILES string of the molecule is FCC/C=C/[C@H]1CC[C@H](C2CCC(c3ccc(F)cc3)CC2)CC1. The second kappa shape index (κ2) is 8.78.